The molecule has 1 aliphatic heterocycles. The summed E-state index contributed by atoms with van der Waals surface area (Å²) >= 11 is 0. The van der Waals surface area contributed by atoms with Crippen LogP contribution in [0.1, 0.15) is 32.3 Å². The van der Waals surface area contributed by atoms with Gasteiger partial charge in [0.15, 0.2) is 9.84 Å². The van der Waals surface area contributed by atoms with Crippen molar-refractivity contribution in [2.45, 2.75) is 38.0 Å². The number of methoxy groups -OCH3 is 1. The quantitative estimate of drug-likeness (QED) is 0.862. The van der Waals surface area contributed by atoms with Gasteiger partial charge >= 0.3 is 0 Å². The number of benzene rings is 1. The summed E-state index contributed by atoms with van der Waals surface area (Å²) in [5.41, 5.74) is 1.57. The van der Waals surface area contributed by atoms with Gasteiger partial charge in [-0.25, -0.2) is 8.42 Å². The van der Waals surface area contributed by atoms with Crippen LogP contribution in [0.5, 0.6) is 5.75 Å². The Labute approximate surface area is 139 Å². The number of ether oxygens (including phenoxy) is 2. The Morgan fingerprint density at radius 3 is 2.74 bits per heavy atom. The molecule has 5 nitrogen and oxygen atoms in total. The predicted molar refractivity (Wildman–Crippen MR) is 92.8 cm³/mol. The zero-order chi connectivity index (χ0) is 17.1. The molecule has 0 radical (unpaired) electrons. The highest BCUT2D eigenvalue weighted by Crippen LogP contribution is 2.31. The van der Waals surface area contributed by atoms with E-state index in [2.05, 4.69) is 19.2 Å². The van der Waals surface area contributed by atoms with E-state index in [-0.39, 0.29) is 11.4 Å². The lowest BCUT2D eigenvalue weighted by Crippen LogP contribution is -2.36. The van der Waals surface area contributed by atoms with Gasteiger partial charge in [-0.15, -0.1) is 0 Å². The molecule has 130 valence electrons. The summed E-state index contributed by atoms with van der Waals surface area (Å²) in [4.78, 5) is 0. The second kappa shape index (κ2) is 7.09. The zero-order valence-electron chi connectivity index (χ0n) is 14.4. The van der Waals surface area contributed by atoms with Crippen LogP contribution >= 0.6 is 0 Å². The van der Waals surface area contributed by atoms with Crippen molar-refractivity contribution in [2.75, 3.05) is 31.8 Å². The Bertz CT molecular complexity index is 640. The van der Waals surface area contributed by atoms with Gasteiger partial charge in [-0.05, 0) is 50.3 Å². The molecule has 1 atom stereocenters. The van der Waals surface area contributed by atoms with E-state index in [1.54, 1.807) is 13.2 Å². The molecule has 1 aliphatic rings. The molecule has 1 fully saturated rings. The monoisotopic (exact) mass is 341 g/mol. The Balaban J connectivity index is 2.02. The average Bonchev–Trinajstić information content (AvgIpc) is 2.43. The topological polar surface area (TPSA) is 64.6 Å². The number of nitrogens with one attached hydrogen (secondary N) is 1. The average molecular weight is 341 g/mol. The van der Waals surface area contributed by atoms with Crippen LogP contribution in [0.4, 0.5) is 5.69 Å². The van der Waals surface area contributed by atoms with Crippen molar-refractivity contribution in [1.82, 2.24) is 0 Å². The highest BCUT2D eigenvalue weighted by atomic mass is 32.2. The second-order valence-corrected chi connectivity index (χ2v) is 9.09. The van der Waals surface area contributed by atoms with E-state index in [1.807, 2.05) is 12.1 Å². The highest BCUT2D eigenvalue weighted by Gasteiger charge is 2.28. The van der Waals surface area contributed by atoms with E-state index in [4.69, 9.17) is 9.47 Å². The van der Waals surface area contributed by atoms with Crippen LogP contribution in [-0.2, 0) is 20.3 Å². The molecule has 1 heterocycles. The van der Waals surface area contributed by atoms with Crippen molar-refractivity contribution in [3.05, 3.63) is 23.8 Å². The van der Waals surface area contributed by atoms with Crippen molar-refractivity contribution < 1.29 is 17.9 Å². The molecule has 1 aromatic carbocycles. The van der Waals surface area contributed by atoms with Crippen molar-refractivity contribution in [1.29, 1.82) is 0 Å². The first-order valence-electron chi connectivity index (χ1n) is 7.91. The highest BCUT2D eigenvalue weighted by molar-refractivity contribution is 7.89. The first-order chi connectivity index (χ1) is 10.7. The number of rotatable bonds is 6. The predicted octanol–water partition coefficient (Wildman–Crippen LogP) is 2.86. The minimum absolute atomic E-state index is 0.0256. The van der Waals surface area contributed by atoms with Crippen LogP contribution in [0.2, 0.25) is 0 Å². The van der Waals surface area contributed by atoms with Crippen LogP contribution in [0.3, 0.4) is 0 Å². The molecule has 2 rings (SSSR count). The summed E-state index contributed by atoms with van der Waals surface area (Å²) in [6.07, 6.45) is 3.30. The smallest absolute Gasteiger partial charge is 0.151 e. The minimum Gasteiger partial charge on any atom is -0.495 e. The summed E-state index contributed by atoms with van der Waals surface area (Å²) in [6, 6.07) is 5.51. The third kappa shape index (κ3) is 5.70. The van der Waals surface area contributed by atoms with Crippen molar-refractivity contribution in [3.63, 3.8) is 0 Å². The van der Waals surface area contributed by atoms with E-state index in [0.717, 1.165) is 37.2 Å². The molecule has 1 unspecified atom stereocenters. The Kier molecular flexibility index (Phi) is 5.57. The van der Waals surface area contributed by atoms with Crippen LogP contribution in [0, 0.1) is 5.92 Å². The fraction of sp³-hybridized carbons (Fsp3) is 0.647. The molecule has 1 N–H and O–H groups in total. The van der Waals surface area contributed by atoms with Crippen molar-refractivity contribution in [2.24, 2.45) is 5.92 Å². The zero-order valence-corrected chi connectivity index (χ0v) is 15.2. The standard InChI is InChI=1S/C17H27NO4S/c1-17(2)10-14(7-8-22-17)11-18-15-6-5-13(9-16(15)21-3)12-23(4,19)20/h5-6,9,14,18H,7-8,10-12H2,1-4H3. The molecule has 1 aromatic rings. The molecular formula is C17H27NO4S. The summed E-state index contributed by atoms with van der Waals surface area (Å²) in [5, 5.41) is 3.43. The fourth-order valence-corrected chi connectivity index (χ4v) is 3.85. The number of sulfone groups is 1. The van der Waals surface area contributed by atoms with Crippen molar-refractivity contribution in [3.8, 4) is 5.75 Å². The van der Waals surface area contributed by atoms with Crippen LogP contribution in [0.25, 0.3) is 0 Å². The Morgan fingerprint density at radius 1 is 1.39 bits per heavy atom. The maximum absolute atomic E-state index is 11.4. The first kappa shape index (κ1) is 18.1. The second-order valence-electron chi connectivity index (χ2n) is 6.95. The maximum Gasteiger partial charge on any atom is 0.151 e. The summed E-state index contributed by atoms with van der Waals surface area (Å²) in [6.45, 7) is 5.90. The molecule has 6 heteroatoms. The van der Waals surface area contributed by atoms with Gasteiger partial charge < -0.3 is 14.8 Å². The van der Waals surface area contributed by atoms with Crippen LogP contribution in [0.15, 0.2) is 18.2 Å². The largest absolute Gasteiger partial charge is 0.495 e. The molecule has 0 amide bonds. The van der Waals surface area contributed by atoms with Gasteiger partial charge in [0.1, 0.15) is 5.75 Å². The molecule has 0 bridgehead atoms. The number of hydrogen-bond donors (Lipinski definition) is 1. The van der Waals surface area contributed by atoms with E-state index in [9.17, 15) is 8.42 Å². The Morgan fingerprint density at radius 2 is 2.13 bits per heavy atom. The first-order valence-corrected chi connectivity index (χ1v) is 9.97. The molecule has 0 aliphatic carbocycles. The van der Waals surface area contributed by atoms with Gasteiger partial charge in [0.2, 0.25) is 0 Å². The third-order valence-corrected chi connectivity index (χ3v) is 4.93. The fourth-order valence-electron chi connectivity index (χ4n) is 3.06. The molecule has 1 saturated heterocycles. The summed E-state index contributed by atoms with van der Waals surface area (Å²) in [7, 11) is -1.45. The van der Waals surface area contributed by atoms with Crippen molar-refractivity contribution >= 4 is 15.5 Å². The van der Waals surface area contributed by atoms with E-state index in [0.29, 0.717) is 11.7 Å². The lowest BCUT2D eigenvalue weighted by Gasteiger charge is -2.35. The third-order valence-electron chi connectivity index (χ3n) is 4.08. The van der Waals surface area contributed by atoms with E-state index >= 15 is 0 Å². The lowest BCUT2D eigenvalue weighted by atomic mass is 9.88. The SMILES string of the molecule is COc1cc(CS(C)(=O)=O)ccc1NCC1CCOC(C)(C)C1. The lowest BCUT2D eigenvalue weighted by molar-refractivity contribution is -0.0699. The van der Waals surface area contributed by atoms with E-state index in [1.165, 1.54) is 6.26 Å². The van der Waals surface area contributed by atoms with Crippen LogP contribution < -0.4 is 10.1 Å². The van der Waals surface area contributed by atoms with Gasteiger partial charge in [0.25, 0.3) is 0 Å². The Hall–Kier alpha value is -1.27. The van der Waals surface area contributed by atoms with Gasteiger partial charge in [-0.3, -0.25) is 0 Å². The molecular weight excluding hydrogens is 314 g/mol. The van der Waals surface area contributed by atoms with Gasteiger partial charge in [-0.2, -0.15) is 0 Å². The minimum atomic E-state index is -3.05. The molecule has 23 heavy (non-hydrogen) atoms. The normalized spacial score (nSPS) is 21.0. The number of anilines is 1. The van der Waals surface area contributed by atoms with Gasteiger partial charge in [0.05, 0.1) is 24.2 Å². The van der Waals surface area contributed by atoms with Crippen LogP contribution in [-0.4, -0.2) is 40.5 Å². The summed E-state index contributed by atoms with van der Waals surface area (Å²) < 4.78 is 34.0. The van der Waals surface area contributed by atoms with Gasteiger partial charge in [-0.1, -0.05) is 6.07 Å². The molecule has 0 aromatic heterocycles. The van der Waals surface area contributed by atoms with Gasteiger partial charge in [0, 0.05) is 19.4 Å². The molecule has 0 saturated carbocycles. The number of hydrogen-bond acceptors (Lipinski definition) is 5. The summed E-state index contributed by atoms with van der Waals surface area (Å²) in [5.74, 6) is 1.26. The van der Waals surface area contributed by atoms with E-state index < -0.39 is 9.84 Å². The maximum atomic E-state index is 11.4. The molecule has 0 spiro atoms.